The first-order valence-corrected chi connectivity index (χ1v) is 11.2. The highest BCUT2D eigenvalue weighted by atomic mass is 32.1. The van der Waals surface area contributed by atoms with Gasteiger partial charge in [0.25, 0.3) is 5.91 Å². The van der Waals surface area contributed by atoms with Crippen molar-refractivity contribution in [1.29, 1.82) is 0 Å². The van der Waals surface area contributed by atoms with Gasteiger partial charge in [-0.15, -0.1) is 22.7 Å². The van der Waals surface area contributed by atoms with Gasteiger partial charge in [0, 0.05) is 24.4 Å². The van der Waals surface area contributed by atoms with Gasteiger partial charge in [-0.3, -0.25) is 19.8 Å². The average Bonchev–Trinajstić information content (AvgIpc) is 3.24. The van der Waals surface area contributed by atoms with Crippen LogP contribution in [-0.2, 0) is 11.3 Å². The average molecular weight is 405 g/mol. The van der Waals surface area contributed by atoms with E-state index in [2.05, 4.69) is 27.4 Å². The standard InChI is InChI=1S/C19H24N4O2S2/c1-12-3-2-8-23(9-12)10-14-11-26-19(20-14)22-18(25)15-6-7-16(27-15)21-17(24)13-4-5-13/h6-7,11-13H,2-5,8-10H2,1H3,(H,21,24)(H,20,22,25). The smallest absolute Gasteiger partial charge is 0.267 e. The molecule has 8 heteroatoms. The van der Waals surface area contributed by atoms with Gasteiger partial charge in [-0.2, -0.15) is 0 Å². The summed E-state index contributed by atoms with van der Waals surface area (Å²) in [7, 11) is 0. The number of nitrogens with zero attached hydrogens (tertiary/aromatic N) is 2. The normalized spacial score (nSPS) is 20.4. The Labute approximate surface area is 167 Å². The second-order valence-electron chi connectivity index (χ2n) is 7.51. The fraction of sp³-hybridized carbons (Fsp3) is 0.526. The van der Waals surface area contributed by atoms with Crippen LogP contribution in [0.2, 0.25) is 0 Å². The molecule has 0 bridgehead atoms. The molecule has 2 aliphatic rings. The van der Waals surface area contributed by atoms with Gasteiger partial charge in [0.1, 0.15) is 0 Å². The van der Waals surface area contributed by atoms with E-state index in [0.717, 1.165) is 49.1 Å². The molecule has 1 atom stereocenters. The van der Waals surface area contributed by atoms with Crippen molar-refractivity contribution in [2.45, 2.75) is 39.2 Å². The van der Waals surface area contributed by atoms with Crippen LogP contribution in [0.5, 0.6) is 0 Å². The molecule has 4 rings (SSSR count). The highest BCUT2D eigenvalue weighted by molar-refractivity contribution is 7.18. The number of carbonyl (C=O) groups is 2. The van der Waals surface area contributed by atoms with Crippen LogP contribution in [0.1, 0.15) is 48.0 Å². The lowest BCUT2D eigenvalue weighted by molar-refractivity contribution is -0.117. The van der Waals surface area contributed by atoms with Crippen LogP contribution < -0.4 is 10.6 Å². The van der Waals surface area contributed by atoms with Crippen molar-refractivity contribution >= 4 is 44.6 Å². The van der Waals surface area contributed by atoms with E-state index in [1.807, 2.05) is 5.38 Å². The zero-order valence-corrected chi connectivity index (χ0v) is 17.0. The Morgan fingerprint density at radius 1 is 1.26 bits per heavy atom. The lowest BCUT2D eigenvalue weighted by Crippen LogP contribution is -2.33. The summed E-state index contributed by atoms with van der Waals surface area (Å²) in [5.74, 6) is 0.769. The maximum atomic E-state index is 12.4. The van der Waals surface area contributed by atoms with Crippen LogP contribution in [0.4, 0.5) is 10.1 Å². The molecule has 1 saturated carbocycles. The number of piperidine rings is 1. The summed E-state index contributed by atoms with van der Waals surface area (Å²) in [4.78, 5) is 31.8. The number of hydrogen-bond acceptors (Lipinski definition) is 6. The van der Waals surface area contributed by atoms with Crippen molar-refractivity contribution < 1.29 is 9.59 Å². The summed E-state index contributed by atoms with van der Waals surface area (Å²) in [6.45, 7) is 5.37. The summed E-state index contributed by atoms with van der Waals surface area (Å²) in [5, 5.41) is 9.11. The van der Waals surface area contributed by atoms with Gasteiger partial charge < -0.3 is 5.32 Å². The third kappa shape index (κ3) is 4.94. The van der Waals surface area contributed by atoms with Crippen molar-refractivity contribution in [3.8, 4) is 0 Å². The Morgan fingerprint density at radius 2 is 2.11 bits per heavy atom. The molecular formula is C19H24N4O2S2. The lowest BCUT2D eigenvalue weighted by Gasteiger charge is -2.30. The number of amides is 2. The fourth-order valence-electron chi connectivity index (χ4n) is 3.35. The zero-order chi connectivity index (χ0) is 18.8. The Hall–Kier alpha value is -1.77. The molecule has 27 heavy (non-hydrogen) atoms. The number of aromatic nitrogens is 1. The summed E-state index contributed by atoms with van der Waals surface area (Å²) < 4.78 is 0. The van der Waals surface area contributed by atoms with E-state index < -0.39 is 0 Å². The molecule has 0 radical (unpaired) electrons. The Balaban J connectivity index is 1.31. The molecule has 1 aliphatic heterocycles. The minimum atomic E-state index is -0.181. The SMILES string of the molecule is CC1CCCN(Cc2csc(NC(=O)c3ccc(NC(=O)C4CC4)s3)n2)C1. The summed E-state index contributed by atoms with van der Waals surface area (Å²) >= 11 is 2.75. The molecule has 0 aromatic carbocycles. The zero-order valence-electron chi connectivity index (χ0n) is 15.4. The maximum Gasteiger partial charge on any atom is 0.267 e. The molecule has 2 fully saturated rings. The molecule has 0 spiro atoms. The molecule has 2 aromatic heterocycles. The fourth-order valence-corrected chi connectivity index (χ4v) is 4.85. The van der Waals surface area contributed by atoms with Gasteiger partial charge in [0.2, 0.25) is 5.91 Å². The summed E-state index contributed by atoms with van der Waals surface area (Å²) in [6.07, 6.45) is 4.48. The summed E-state index contributed by atoms with van der Waals surface area (Å²) in [6, 6.07) is 3.52. The first-order valence-electron chi connectivity index (χ1n) is 9.45. The van der Waals surface area contributed by atoms with Crippen LogP contribution in [0.15, 0.2) is 17.5 Å². The van der Waals surface area contributed by atoms with Gasteiger partial charge in [-0.05, 0) is 50.3 Å². The van der Waals surface area contributed by atoms with E-state index in [4.69, 9.17) is 0 Å². The predicted molar refractivity (Wildman–Crippen MR) is 109 cm³/mol. The predicted octanol–water partition coefficient (Wildman–Crippen LogP) is 4.04. The van der Waals surface area contributed by atoms with E-state index in [-0.39, 0.29) is 17.7 Å². The third-order valence-corrected chi connectivity index (χ3v) is 6.73. The highest BCUT2D eigenvalue weighted by Gasteiger charge is 2.30. The van der Waals surface area contributed by atoms with Crippen molar-refractivity contribution in [3.05, 3.63) is 28.1 Å². The number of thiophene rings is 1. The number of thiazole rings is 1. The number of carbonyl (C=O) groups excluding carboxylic acids is 2. The molecule has 1 unspecified atom stereocenters. The van der Waals surface area contributed by atoms with Gasteiger partial charge >= 0.3 is 0 Å². The number of hydrogen-bond donors (Lipinski definition) is 2. The van der Waals surface area contributed by atoms with Gasteiger partial charge in [0.05, 0.1) is 15.6 Å². The lowest BCUT2D eigenvalue weighted by atomic mass is 10.0. The Bertz CT molecular complexity index is 827. The largest absolute Gasteiger partial charge is 0.317 e. The molecule has 1 aliphatic carbocycles. The molecule has 1 saturated heterocycles. The molecule has 2 aromatic rings. The second-order valence-corrected chi connectivity index (χ2v) is 9.45. The van der Waals surface area contributed by atoms with E-state index in [1.54, 1.807) is 12.1 Å². The number of likely N-dealkylation sites (tertiary alicyclic amines) is 1. The minimum absolute atomic E-state index is 0.0559. The van der Waals surface area contributed by atoms with E-state index in [9.17, 15) is 9.59 Å². The van der Waals surface area contributed by atoms with Crippen LogP contribution >= 0.6 is 22.7 Å². The van der Waals surface area contributed by atoms with Gasteiger partial charge in [0.15, 0.2) is 5.13 Å². The van der Waals surface area contributed by atoms with E-state index >= 15 is 0 Å². The van der Waals surface area contributed by atoms with Crippen LogP contribution in [0.3, 0.4) is 0 Å². The van der Waals surface area contributed by atoms with Crippen molar-refractivity contribution in [2.75, 3.05) is 23.7 Å². The first kappa shape index (κ1) is 18.6. The second kappa shape index (κ2) is 8.08. The quantitative estimate of drug-likeness (QED) is 0.762. The number of anilines is 2. The number of rotatable bonds is 6. The molecular weight excluding hydrogens is 380 g/mol. The summed E-state index contributed by atoms with van der Waals surface area (Å²) in [5.41, 5.74) is 1.01. The molecule has 6 nitrogen and oxygen atoms in total. The topological polar surface area (TPSA) is 74.3 Å². The molecule has 2 amide bonds. The third-order valence-electron chi connectivity index (χ3n) is 4.92. The van der Waals surface area contributed by atoms with E-state index in [0.29, 0.717) is 10.0 Å². The molecule has 2 N–H and O–H groups in total. The van der Waals surface area contributed by atoms with Crippen molar-refractivity contribution in [1.82, 2.24) is 9.88 Å². The van der Waals surface area contributed by atoms with E-state index in [1.165, 1.54) is 35.5 Å². The van der Waals surface area contributed by atoms with Gasteiger partial charge in [-0.1, -0.05) is 6.92 Å². The first-order chi connectivity index (χ1) is 13.1. The van der Waals surface area contributed by atoms with Gasteiger partial charge in [-0.25, -0.2) is 4.98 Å². The van der Waals surface area contributed by atoms with Crippen molar-refractivity contribution in [3.63, 3.8) is 0 Å². The van der Waals surface area contributed by atoms with Crippen LogP contribution in [-0.4, -0.2) is 34.8 Å². The maximum absolute atomic E-state index is 12.4. The molecule has 3 heterocycles. The number of nitrogens with one attached hydrogen (secondary N) is 2. The van der Waals surface area contributed by atoms with Crippen LogP contribution in [0, 0.1) is 11.8 Å². The van der Waals surface area contributed by atoms with Crippen molar-refractivity contribution in [2.24, 2.45) is 11.8 Å². The Kier molecular flexibility index (Phi) is 5.56. The minimum Gasteiger partial charge on any atom is -0.317 e. The highest BCUT2D eigenvalue weighted by Crippen LogP contribution is 2.32. The Morgan fingerprint density at radius 3 is 2.89 bits per heavy atom. The van der Waals surface area contributed by atoms with Crippen LogP contribution in [0.25, 0.3) is 0 Å². The molecule has 144 valence electrons. The monoisotopic (exact) mass is 404 g/mol.